The van der Waals surface area contributed by atoms with E-state index in [1.54, 1.807) is 18.7 Å². The molecule has 3 aromatic rings. The number of aromatic nitrogens is 3. The monoisotopic (exact) mass is 295 g/mol. The van der Waals surface area contributed by atoms with E-state index in [2.05, 4.69) is 9.97 Å². The Hall–Kier alpha value is -1.52. The summed E-state index contributed by atoms with van der Waals surface area (Å²) in [6.07, 6.45) is 5.68. The highest BCUT2D eigenvalue weighted by Crippen LogP contribution is 2.20. The molecule has 0 fully saturated rings. The van der Waals surface area contributed by atoms with Crippen molar-refractivity contribution in [2.24, 2.45) is 0 Å². The first kappa shape index (κ1) is 12.5. The number of alkyl halides is 1. The van der Waals surface area contributed by atoms with Crippen molar-refractivity contribution in [3.8, 4) is 0 Å². The van der Waals surface area contributed by atoms with Crippen LogP contribution in [0, 0.1) is 0 Å². The first-order valence-corrected chi connectivity index (χ1v) is 6.77. The van der Waals surface area contributed by atoms with E-state index in [4.69, 9.17) is 27.6 Å². The van der Waals surface area contributed by atoms with Crippen molar-refractivity contribution < 1.29 is 4.42 Å². The third-order valence-corrected chi connectivity index (χ3v) is 3.27. The third kappa shape index (κ3) is 2.46. The molecular formula is C13H11Cl2N3O. The summed E-state index contributed by atoms with van der Waals surface area (Å²) in [5.74, 6) is 1.42. The number of rotatable bonds is 4. The van der Waals surface area contributed by atoms with Crippen LogP contribution < -0.4 is 0 Å². The number of aryl methyl sites for hydroxylation is 1. The Morgan fingerprint density at radius 2 is 2.26 bits per heavy atom. The summed E-state index contributed by atoms with van der Waals surface area (Å²) in [6, 6.07) is 3.74. The molecule has 0 aliphatic heterocycles. The van der Waals surface area contributed by atoms with Gasteiger partial charge in [0.1, 0.15) is 11.3 Å². The first-order valence-electron chi connectivity index (χ1n) is 5.85. The molecule has 3 heterocycles. The van der Waals surface area contributed by atoms with Gasteiger partial charge in [0.05, 0.1) is 24.1 Å². The maximum absolute atomic E-state index is 5.95. The van der Waals surface area contributed by atoms with E-state index < -0.39 is 0 Å². The maximum atomic E-state index is 5.95. The van der Waals surface area contributed by atoms with Gasteiger partial charge in [-0.05, 0) is 12.1 Å². The van der Waals surface area contributed by atoms with E-state index in [-0.39, 0.29) is 0 Å². The fourth-order valence-corrected chi connectivity index (χ4v) is 2.36. The van der Waals surface area contributed by atoms with Crippen LogP contribution in [0.25, 0.3) is 11.2 Å². The predicted octanol–water partition coefficient (Wildman–Crippen LogP) is 3.51. The topological polar surface area (TPSA) is 43.9 Å². The lowest BCUT2D eigenvalue weighted by Crippen LogP contribution is -2.06. The molecule has 3 aromatic heterocycles. The molecule has 0 amide bonds. The van der Waals surface area contributed by atoms with Gasteiger partial charge < -0.3 is 8.98 Å². The van der Waals surface area contributed by atoms with Crippen LogP contribution in [0.4, 0.5) is 0 Å². The van der Waals surface area contributed by atoms with Crippen LogP contribution >= 0.6 is 23.2 Å². The van der Waals surface area contributed by atoms with Gasteiger partial charge in [-0.2, -0.15) is 0 Å². The number of pyridine rings is 1. The molecule has 0 aromatic carbocycles. The summed E-state index contributed by atoms with van der Waals surface area (Å²) in [6.45, 7) is 0.661. The molecule has 0 radical (unpaired) electrons. The van der Waals surface area contributed by atoms with Crippen LogP contribution in [0.3, 0.4) is 0 Å². The third-order valence-electron chi connectivity index (χ3n) is 2.87. The van der Waals surface area contributed by atoms with Crippen LogP contribution in [0.1, 0.15) is 11.4 Å². The average Bonchev–Trinajstić information content (AvgIpc) is 2.99. The van der Waals surface area contributed by atoms with Crippen LogP contribution in [0.15, 0.2) is 35.3 Å². The van der Waals surface area contributed by atoms with Gasteiger partial charge in [0.25, 0.3) is 0 Å². The number of fused-ring (bicyclic) bond motifs is 1. The highest BCUT2D eigenvalue weighted by molar-refractivity contribution is 6.31. The Bertz CT molecular complexity index is 691. The van der Waals surface area contributed by atoms with E-state index in [9.17, 15) is 0 Å². The molecule has 0 saturated heterocycles. The maximum Gasteiger partial charge on any atom is 0.160 e. The fraction of sp³-hybridized carbons (Fsp3) is 0.231. The van der Waals surface area contributed by atoms with E-state index in [0.29, 0.717) is 23.9 Å². The molecule has 0 unspecified atom stereocenters. The lowest BCUT2D eigenvalue weighted by Gasteiger charge is -2.05. The molecule has 0 atom stereocenters. The molecule has 0 bridgehead atoms. The summed E-state index contributed by atoms with van der Waals surface area (Å²) in [5, 5.41) is 0.581. The normalized spacial score (nSPS) is 11.3. The van der Waals surface area contributed by atoms with Gasteiger partial charge in [0, 0.05) is 24.1 Å². The highest BCUT2D eigenvalue weighted by atomic mass is 35.5. The Kier molecular flexibility index (Phi) is 3.44. The van der Waals surface area contributed by atoms with Crippen molar-refractivity contribution in [1.82, 2.24) is 14.5 Å². The van der Waals surface area contributed by atoms with Crippen molar-refractivity contribution in [3.05, 3.63) is 47.3 Å². The van der Waals surface area contributed by atoms with Gasteiger partial charge in [-0.15, -0.1) is 11.6 Å². The summed E-state index contributed by atoms with van der Waals surface area (Å²) >= 11 is 11.8. The lowest BCUT2D eigenvalue weighted by molar-refractivity contribution is 0.562. The minimum absolute atomic E-state index is 0.516. The van der Waals surface area contributed by atoms with Crippen LogP contribution in [0.5, 0.6) is 0 Å². The summed E-state index contributed by atoms with van der Waals surface area (Å²) in [5.41, 5.74) is 2.66. The van der Waals surface area contributed by atoms with Crippen molar-refractivity contribution in [1.29, 1.82) is 0 Å². The fourth-order valence-electron chi connectivity index (χ4n) is 2.04. The second kappa shape index (κ2) is 5.23. The zero-order valence-electron chi connectivity index (χ0n) is 10.0. The molecule has 6 heteroatoms. The van der Waals surface area contributed by atoms with E-state index in [0.717, 1.165) is 22.6 Å². The SMILES string of the molecule is ClCCc1nc2cc(Cl)cnc2n1Cc1ccoc1. The average molecular weight is 296 g/mol. The molecule has 0 aliphatic rings. The summed E-state index contributed by atoms with van der Waals surface area (Å²) < 4.78 is 7.13. The van der Waals surface area contributed by atoms with Crippen LogP contribution in [0.2, 0.25) is 5.02 Å². The zero-order valence-corrected chi connectivity index (χ0v) is 11.5. The molecule has 0 saturated carbocycles. The van der Waals surface area contributed by atoms with Crippen molar-refractivity contribution >= 4 is 34.4 Å². The Morgan fingerprint density at radius 3 is 3.00 bits per heavy atom. The standard InChI is InChI=1S/C13H11Cl2N3O/c14-3-1-12-17-11-5-10(15)6-16-13(11)18(12)7-9-2-4-19-8-9/h2,4-6,8H,1,3,7H2. The number of halogens is 2. The molecule has 3 rings (SSSR count). The summed E-state index contributed by atoms with van der Waals surface area (Å²) in [4.78, 5) is 8.90. The van der Waals surface area contributed by atoms with Crippen LogP contribution in [-0.2, 0) is 13.0 Å². The first-order chi connectivity index (χ1) is 9.28. The molecular weight excluding hydrogens is 285 g/mol. The molecule has 19 heavy (non-hydrogen) atoms. The Balaban J connectivity index is 2.10. The van der Waals surface area contributed by atoms with Crippen molar-refractivity contribution in [3.63, 3.8) is 0 Å². The highest BCUT2D eigenvalue weighted by Gasteiger charge is 2.12. The molecule has 0 spiro atoms. The zero-order chi connectivity index (χ0) is 13.2. The van der Waals surface area contributed by atoms with Gasteiger partial charge >= 0.3 is 0 Å². The summed E-state index contributed by atoms with van der Waals surface area (Å²) in [7, 11) is 0. The molecule has 4 nitrogen and oxygen atoms in total. The predicted molar refractivity (Wildman–Crippen MR) is 74.8 cm³/mol. The minimum Gasteiger partial charge on any atom is -0.472 e. The Labute approximate surface area is 120 Å². The van der Waals surface area contributed by atoms with E-state index in [1.165, 1.54) is 0 Å². The minimum atomic E-state index is 0.516. The quantitative estimate of drug-likeness (QED) is 0.692. The van der Waals surface area contributed by atoms with E-state index >= 15 is 0 Å². The number of hydrogen-bond acceptors (Lipinski definition) is 3. The Morgan fingerprint density at radius 1 is 1.37 bits per heavy atom. The van der Waals surface area contributed by atoms with Gasteiger partial charge in [-0.25, -0.2) is 9.97 Å². The van der Waals surface area contributed by atoms with E-state index in [1.807, 2.05) is 16.7 Å². The van der Waals surface area contributed by atoms with Gasteiger partial charge in [-0.3, -0.25) is 0 Å². The van der Waals surface area contributed by atoms with Crippen LogP contribution in [-0.4, -0.2) is 20.4 Å². The number of nitrogens with zero attached hydrogens (tertiary/aromatic N) is 3. The number of imidazole rings is 1. The second-order valence-corrected chi connectivity index (χ2v) is 5.00. The lowest BCUT2D eigenvalue weighted by atomic mass is 10.3. The smallest absolute Gasteiger partial charge is 0.160 e. The van der Waals surface area contributed by atoms with Gasteiger partial charge in [0.15, 0.2) is 5.65 Å². The molecule has 0 N–H and O–H groups in total. The largest absolute Gasteiger partial charge is 0.472 e. The number of hydrogen-bond donors (Lipinski definition) is 0. The second-order valence-electron chi connectivity index (χ2n) is 4.18. The van der Waals surface area contributed by atoms with Crippen molar-refractivity contribution in [2.75, 3.05) is 5.88 Å². The van der Waals surface area contributed by atoms with Crippen molar-refractivity contribution in [2.45, 2.75) is 13.0 Å². The number of furan rings is 1. The molecule has 98 valence electrons. The van der Waals surface area contributed by atoms with Gasteiger partial charge in [0.2, 0.25) is 0 Å². The molecule has 0 aliphatic carbocycles. The van der Waals surface area contributed by atoms with Gasteiger partial charge in [-0.1, -0.05) is 11.6 Å².